The summed E-state index contributed by atoms with van der Waals surface area (Å²) in [7, 11) is 0. The van der Waals surface area contributed by atoms with Crippen LogP contribution in [0.1, 0.15) is 58.3 Å². The van der Waals surface area contributed by atoms with Gasteiger partial charge in [-0.1, -0.05) is 39.0 Å². The molecule has 1 fully saturated rings. The van der Waals surface area contributed by atoms with Crippen molar-refractivity contribution >= 4 is 0 Å². The van der Waals surface area contributed by atoms with Crippen LogP contribution in [0.4, 0.5) is 0 Å². The number of unbranched alkanes of at least 4 members (excludes halogenated alkanes) is 2. The van der Waals surface area contributed by atoms with Gasteiger partial charge in [-0.3, -0.25) is 0 Å². The molecule has 1 rings (SSSR count). The van der Waals surface area contributed by atoms with Crippen LogP contribution in [-0.2, 0) is 4.74 Å². The van der Waals surface area contributed by atoms with E-state index in [0.29, 0.717) is 6.54 Å². The molecule has 14 heavy (non-hydrogen) atoms. The number of hydrogen-bond donors (Lipinski definition) is 1. The van der Waals surface area contributed by atoms with Crippen LogP contribution in [0, 0.1) is 0 Å². The first-order valence-electron chi connectivity index (χ1n) is 6.17. The Labute approximate surface area is 88.2 Å². The second kappa shape index (κ2) is 6.41. The van der Waals surface area contributed by atoms with Crippen LogP contribution in [0.15, 0.2) is 0 Å². The van der Waals surface area contributed by atoms with Crippen molar-refractivity contribution in [1.29, 1.82) is 0 Å². The first kappa shape index (κ1) is 12.0. The average Bonchev–Trinajstić information content (AvgIpc) is 2.26. The van der Waals surface area contributed by atoms with Gasteiger partial charge in [0, 0.05) is 13.2 Å². The Kier molecular flexibility index (Phi) is 5.49. The van der Waals surface area contributed by atoms with Gasteiger partial charge in [-0.05, 0) is 19.3 Å². The van der Waals surface area contributed by atoms with E-state index in [0.717, 1.165) is 6.61 Å². The molecule has 0 heterocycles. The van der Waals surface area contributed by atoms with Crippen LogP contribution in [0.25, 0.3) is 0 Å². The highest BCUT2D eigenvalue weighted by molar-refractivity contribution is 4.85. The molecule has 0 bridgehead atoms. The van der Waals surface area contributed by atoms with Crippen LogP contribution in [0.5, 0.6) is 0 Å². The summed E-state index contributed by atoms with van der Waals surface area (Å²) in [4.78, 5) is 0. The molecular weight excluding hydrogens is 174 g/mol. The summed E-state index contributed by atoms with van der Waals surface area (Å²) in [5.41, 5.74) is 5.88. The van der Waals surface area contributed by atoms with E-state index in [9.17, 15) is 0 Å². The Morgan fingerprint density at radius 1 is 1.14 bits per heavy atom. The molecule has 1 aliphatic rings. The van der Waals surface area contributed by atoms with E-state index in [1.54, 1.807) is 0 Å². The average molecular weight is 199 g/mol. The molecule has 1 saturated carbocycles. The van der Waals surface area contributed by atoms with E-state index in [2.05, 4.69) is 6.92 Å². The van der Waals surface area contributed by atoms with Crippen molar-refractivity contribution in [3.63, 3.8) is 0 Å². The Hall–Kier alpha value is -0.0800. The molecule has 0 saturated heterocycles. The van der Waals surface area contributed by atoms with Crippen LogP contribution in [-0.4, -0.2) is 18.8 Å². The van der Waals surface area contributed by atoms with Crippen molar-refractivity contribution in [3.05, 3.63) is 0 Å². The van der Waals surface area contributed by atoms with Gasteiger partial charge in [-0.15, -0.1) is 0 Å². The fraction of sp³-hybridized carbons (Fsp3) is 1.00. The SMILES string of the molecule is CCCCCOC1(CN)CCCCC1. The van der Waals surface area contributed by atoms with E-state index >= 15 is 0 Å². The van der Waals surface area contributed by atoms with Gasteiger partial charge in [0.15, 0.2) is 0 Å². The van der Waals surface area contributed by atoms with Gasteiger partial charge < -0.3 is 10.5 Å². The van der Waals surface area contributed by atoms with Crippen LogP contribution >= 0.6 is 0 Å². The summed E-state index contributed by atoms with van der Waals surface area (Å²) in [6.45, 7) is 3.84. The van der Waals surface area contributed by atoms with Crippen LogP contribution in [0.2, 0.25) is 0 Å². The molecule has 0 aromatic rings. The summed E-state index contributed by atoms with van der Waals surface area (Å²) in [5.74, 6) is 0. The highest BCUT2D eigenvalue weighted by Crippen LogP contribution is 2.30. The van der Waals surface area contributed by atoms with Gasteiger partial charge in [0.25, 0.3) is 0 Å². The molecular formula is C12H25NO. The predicted octanol–water partition coefficient (Wildman–Crippen LogP) is 2.85. The van der Waals surface area contributed by atoms with E-state index in [1.165, 1.54) is 51.4 Å². The van der Waals surface area contributed by atoms with Crippen molar-refractivity contribution in [1.82, 2.24) is 0 Å². The third-order valence-corrected chi connectivity index (χ3v) is 3.29. The fourth-order valence-corrected chi connectivity index (χ4v) is 2.24. The summed E-state index contributed by atoms with van der Waals surface area (Å²) < 4.78 is 6.00. The normalized spacial score (nSPS) is 21.0. The van der Waals surface area contributed by atoms with Gasteiger partial charge in [-0.25, -0.2) is 0 Å². The molecule has 0 aliphatic heterocycles. The molecule has 1 aliphatic carbocycles. The maximum atomic E-state index is 6.00. The van der Waals surface area contributed by atoms with E-state index in [1.807, 2.05) is 0 Å². The Bertz CT molecular complexity index is 141. The molecule has 0 spiro atoms. The molecule has 0 amide bonds. The zero-order valence-electron chi connectivity index (χ0n) is 9.56. The lowest BCUT2D eigenvalue weighted by Gasteiger charge is -2.36. The molecule has 84 valence electrons. The number of ether oxygens (including phenoxy) is 1. The first-order chi connectivity index (χ1) is 6.83. The Morgan fingerprint density at radius 2 is 1.86 bits per heavy atom. The summed E-state index contributed by atoms with van der Waals surface area (Å²) in [6.07, 6.45) is 10.0. The van der Waals surface area contributed by atoms with Crippen molar-refractivity contribution in [2.45, 2.75) is 63.9 Å². The van der Waals surface area contributed by atoms with E-state index in [-0.39, 0.29) is 5.60 Å². The maximum absolute atomic E-state index is 6.00. The molecule has 0 aromatic carbocycles. The van der Waals surface area contributed by atoms with Crippen molar-refractivity contribution in [2.24, 2.45) is 5.73 Å². The standard InChI is InChI=1S/C12H25NO/c1-2-3-7-10-14-12(11-13)8-5-4-6-9-12/h2-11,13H2,1H3. The summed E-state index contributed by atoms with van der Waals surface area (Å²) >= 11 is 0. The predicted molar refractivity (Wildman–Crippen MR) is 60.3 cm³/mol. The topological polar surface area (TPSA) is 35.2 Å². The van der Waals surface area contributed by atoms with Gasteiger partial charge in [0.2, 0.25) is 0 Å². The maximum Gasteiger partial charge on any atom is 0.0804 e. The Balaban J connectivity index is 2.22. The zero-order chi connectivity index (χ0) is 10.3. The first-order valence-corrected chi connectivity index (χ1v) is 6.17. The van der Waals surface area contributed by atoms with Crippen molar-refractivity contribution in [2.75, 3.05) is 13.2 Å². The lowest BCUT2D eigenvalue weighted by Crippen LogP contribution is -2.42. The van der Waals surface area contributed by atoms with Gasteiger partial charge in [0.05, 0.1) is 5.60 Å². The molecule has 2 N–H and O–H groups in total. The van der Waals surface area contributed by atoms with Gasteiger partial charge in [-0.2, -0.15) is 0 Å². The number of nitrogens with two attached hydrogens (primary N) is 1. The summed E-state index contributed by atoms with van der Waals surface area (Å²) in [6, 6.07) is 0. The molecule has 0 unspecified atom stereocenters. The smallest absolute Gasteiger partial charge is 0.0804 e. The lowest BCUT2D eigenvalue weighted by molar-refractivity contribution is -0.0642. The minimum absolute atomic E-state index is 0.0476. The van der Waals surface area contributed by atoms with E-state index < -0.39 is 0 Å². The van der Waals surface area contributed by atoms with Crippen LogP contribution < -0.4 is 5.73 Å². The fourth-order valence-electron chi connectivity index (χ4n) is 2.24. The minimum Gasteiger partial charge on any atom is -0.374 e. The van der Waals surface area contributed by atoms with Gasteiger partial charge >= 0.3 is 0 Å². The molecule has 2 heteroatoms. The van der Waals surface area contributed by atoms with Gasteiger partial charge in [0.1, 0.15) is 0 Å². The Morgan fingerprint density at radius 3 is 2.43 bits per heavy atom. The second-order valence-electron chi connectivity index (χ2n) is 4.50. The zero-order valence-corrected chi connectivity index (χ0v) is 9.56. The largest absolute Gasteiger partial charge is 0.374 e. The number of rotatable bonds is 6. The lowest BCUT2D eigenvalue weighted by atomic mass is 9.84. The highest BCUT2D eigenvalue weighted by Gasteiger charge is 2.30. The van der Waals surface area contributed by atoms with E-state index in [4.69, 9.17) is 10.5 Å². The molecule has 0 aromatic heterocycles. The van der Waals surface area contributed by atoms with Crippen LogP contribution in [0.3, 0.4) is 0 Å². The molecule has 0 atom stereocenters. The second-order valence-corrected chi connectivity index (χ2v) is 4.50. The third-order valence-electron chi connectivity index (χ3n) is 3.29. The summed E-state index contributed by atoms with van der Waals surface area (Å²) in [5, 5.41) is 0. The third kappa shape index (κ3) is 3.58. The molecule has 2 nitrogen and oxygen atoms in total. The minimum atomic E-state index is 0.0476. The quantitative estimate of drug-likeness (QED) is 0.668. The molecule has 0 radical (unpaired) electrons. The monoisotopic (exact) mass is 199 g/mol. The number of hydrogen-bond acceptors (Lipinski definition) is 2. The van der Waals surface area contributed by atoms with Crippen molar-refractivity contribution in [3.8, 4) is 0 Å². The van der Waals surface area contributed by atoms with Crippen molar-refractivity contribution < 1.29 is 4.74 Å². The highest BCUT2D eigenvalue weighted by atomic mass is 16.5.